The average molecular weight is 311 g/mol. The van der Waals surface area contributed by atoms with Crippen molar-refractivity contribution >= 4 is 11.8 Å². The molecule has 5 heteroatoms. The number of aromatic nitrogens is 1. The maximum atomic E-state index is 12.4. The van der Waals surface area contributed by atoms with Gasteiger partial charge in [0.2, 0.25) is 0 Å². The minimum absolute atomic E-state index is 0.0631. The molecule has 0 aliphatic carbocycles. The number of rotatable bonds is 5. The highest BCUT2D eigenvalue weighted by Gasteiger charge is 2.24. The van der Waals surface area contributed by atoms with Crippen molar-refractivity contribution in [3.63, 3.8) is 0 Å². The molecule has 2 amide bonds. The predicted molar refractivity (Wildman–Crippen MR) is 88.2 cm³/mol. The lowest BCUT2D eigenvalue weighted by Crippen LogP contribution is -2.45. The standard InChI is InChI=1S/C18H21N3O2/c1-14(2)21(13-15-7-4-3-5-8-15)18(23)17(22)20-12-16-9-6-10-19-11-16/h3-11,14H,12-13H2,1-2H3,(H,20,22). The minimum Gasteiger partial charge on any atom is -0.344 e. The zero-order valence-corrected chi connectivity index (χ0v) is 13.4. The van der Waals surface area contributed by atoms with Gasteiger partial charge in [0.15, 0.2) is 0 Å². The highest BCUT2D eigenvalue weighted by molar-refractivity contribution is 6.35. The molecule has 0 spiro atoms. The lowest BCUT2D eigenvalue weighted by atomic mass is 10.2. The molecule has 0 saturated carbocycles. The summed E-state index contributed by atoms with van der Waals surface area (Å²) in [5.74, 6) is -1.12. The van der Waals surface area contributed by atoms with E-state index in [-0.39, 0.29) is 12.6 Å². The molecule has 2 aromatic rings. The first-order valence-corrected chi connectivity index (χ1v) is 7.59. The molecule has 0 aliphatic heterocycles. The van der Waals surface area contributed by atoms with E-state index in [2.05, 4.69) is 10.3 Å². The highest BCUT2D eigenvalue weighted by Crippen LogP contribution is 2.09. The second-order valence-corrected chi connectivity index (χ2v) is 5.56. The summed E-state index contributed by atoms with van der Waals surface area (Å²) in [4.78, 5) is 30.1. The van der Waals surface area contributed by atoms with Gasteiger partial charge in [-0.2, -0.15) is 0 Å². The van der Waals surface area contributed by atoms with Crippen LogP contribution in [0.1, 0.15) is 25.0 Å². The largest absolute Gasteiger partial charge is 0.344 e. The molecule has 0 aliphatic rings. The topological polar surface area (TPSA) is 62.3 Å². The number of carbonyl (C=O) groups excluding carboxylic acids is 2. The number of pyridine rings is 1. The molecule has 0 bridgehead atoms. The SMILES string of the molecule is CC(C)N(Cc1ccccc1)C(=O)C(=O)NCc1cccnc1. The van der Waals surface area contributed by atoms with Gasteiger partial charge in [-0.3, -0.25) is 14.6 Å². The summed E-state index contributed by atoms with van der Waals surface area (Å²) in [6.07, 6.45) is 3.33. The monoisotopic (exact) mass is 311 g/mol. The number of amides is 2. The smallest absolute Gasteiger partial charge is 0.312 e. The third kappa shape index (κ3) is 4.92. The summed E-state index contributed by atoms with van der Waals surface area (Å²) in [5.41, 5.74) is 1.85. The van der Waals surface area contributed by atoms with E-state index in [9.17, 15) is 9.59 Å². The van der Waals surface area contributed by atoms with Crippen LogP contribution in [0.25, 0.3) is 0 Å². The Morgan fingerprint density at radius 3 is 2.39 bits per heavy atom. The summed E-state index contributed by atoms with van der Waals surface area (Å²) in [7, 11) is 0. The zero-order valence-electron chi connectivity index (χ0n) is 13.4. The minimum atomic E-state index is -0.599. The van der Waals surface area contributed by atoms with Gasteiger partial charge in [-0.15, -0.1) is 0 Å². The molecule has 0 fully saturated rings. The Morgan fingerprint density at radius 2 is 1.78 bits per heavy atom. The van der Waals surface area contributed by atoms with Crippen molar-refractivity contribution in [1.29, 1.82) is 0 Å². The number of hydrogen-bond acceptors (Lipinski definition) is 3. The third-order valence-corrected chi connectivity index (χ3v) is 3.45. The number of hydrogen-bond donors (Lipinski definition) is 1. The van der Waals surface area contributed by atoms with Gasteiger partial charge in [0.25, 0.3) is 0 Å². The van der Waals surface area contributed by atoms with E-state index in [0.717, 1.165) is 11.1 Å². The van der Waals surface area contributed by atoms with Crippen molar-refractivity contribution in [3.05, 3.63) is 66.0 Å². The summed E-state index contributed by atoms with van der Waals surface area (Å²) in [5, 5.41) is 2.65. The van der Waals surface area contributed by atoms with E-state index in [4.69, 9.17) is 0 Å². The van der Waals surface area contributed by atoms with Gasteiger partial charge in [-0.1, -0.05) is 36.4 Å². The Kier molecular flexibility index (Phi) is 5.86. The molecule has 1 aromatic carbocycles. The van der Waals surface area contributed by atoms with E-state index < -0.39 is 11.8 Å². The second kappa shape index (κ2) is 8.08. The second-order valence-electron chi connectivity index (χ2n) is 5.56. The van der Waals surface area contributed by atoms with Gasteiger partial charge >= 0.3 is 11.8 Å². The lowest BCUT2D eigenvalue weighted by molar-refractivity contribution is -0.147. The zero-order chi connectivity index (χ0) is 16.7. The first-order valence-electron chi connectivity index (χ1n) is 7.59. The van der Waals surface area contributed by atoms with E-state index in [0.29, 0.717) is 6.54 Å². The summed E-state index contributed by atoms with van der Waals surface area (Å²) >= 11 is 0. The van der Waals surface area contributed by atoms with Crippen molar-refractivity contribution in [2.24, 2.45) is 0 Å². The van der Waals surface area contributed by atoms with Crippen LogP contribution in [0.2, 0.25) is 0 Å². The fourth-order valence-electron chi connectivity index (χ4n) is 2.16. The molecular weight excluding hydrogens is 290 g/mol. The molecule has 0 radical (unpaired) electrons. The third-order valence-electron chi connectivity index (χ3n) is 3.45. The Bertz CT molecular complexity index is 642. The van der Waals surface area contributed by atoms with Crippen LogP contribution in [0.4, 0.5) is 0 Å². The number of nitrogens with zero attached hydrogens (tertiary/aromatic N) is 2. The lowest BCUT2D eigenvalue weighted by Gasteiger charge is -2.26. The number of benzene rings is 1. The first-order chi connectivity index (χ1) is 11.1. The maximum absolute atomic E-state index is 12.4. The summed E-state index contributed by atoms with van der Waals surface area (Å²) in [6.45, 7) is 4.50. The van der Waals surface area contributed by atoms with Crippen molar-refractivity contribution in [2.45, 2.75) is 33.0 Å². The van der Waals surface area contributed by atoms with E-state index in [1.54, 1.807) is 23.4 Å². The van der Waals surface area contributed by atoms with Gasteiger partial charge in [0.1, 0.15) is 0 Å². The average Bonchev–Trinajstić information content (AvgIpc) is 2.58. The Morgan fingerprint density at radius 1 is 1.09 bits per heavy atom. The van der Waals surface area contributed by atoms with Crippen LogP contribution in [-0.4, -0.2) is 27.7 Å². The maximum Gasteiger partial charge on any atom is 0.312 e. The van der Waals surface area contributed by atoms with E-state index >= 15 is 0 Å². The Hall–Kier alpha value is -2.69. The van der Waals surface area contributed by atoms with Crippen LogP contribution in [0, 0.1) is 0 Å². The molecular formula is C18H21N3O2. The number of nitrogens with one attached hydrogen (secondary N) is 1. The van der Waals surface area contributed by atoms with Gasteiger partial charge in [-0.05, 0) is 31.0 Å². The Labute approximate surface area is 136 Å². The Balaban J connectivity index is 1.98. The van der Waals surface area contributed by atoms with E-state index in [1.165, 1.54) is 0 Å². The summed E-state index contributed by atoms with van der Waals surface area (Å²) < 4.78 is 0. The molecule has 5 nitrogen and oxygen atoms in total. The molecule has 0 unspecified atom stereocenters. The highest BCUT2D eigenvalue weighted by atomic mass is 16.2. The number of carbonyl (C=O) groups is 2. The van der Waals surface area contributed by atoms with Gasteiger partial charge in [0.05, 0.1) is 0 Å². The molecule has 120 valence electrons. The molecule has 23 heavy (non-hydrogen) atoms. The molecule has 1 N–H and O–H groups in total. The van der Waals surface area contributed by atoms with Crippen LogP contribution in [0.3, 0.4) is 0 Å². The normalized spacial score (nSPS) is 10.4. The fraction of sp³-hybridized carbons (Fsp3) is 0.278. The van der Waals surface area contributed by atoms with Crippen LogP contribution in [-0.2, 0) is 22.7 Å². The van der Waals surface area contributed by atoms with Gasteiger partial charge < -0.3 is 10.2 Å². The van der Waals surface area contributed by atoms with Crippen LogP contribution in [0.5, 0.6) is 0 Å². The van der Waals surface area contributed by atoms with Crippen LogP contribution >= 0.6 is 0 Å². The van der Waals surface area contributed by atoms with Crippen LogP contribution in [0.15, 0.2) is 54.9 Å². The van der Waals surface area contributed by atoms with Gasteiger partial charge in [-0.25, -0.2) is 0 Å². The molecule has 1 aromatic heterocycles. The van der Waals surface area contributed by atoms with E-state index in [1.807, 2.05) is 50.2 Å². The predicted octanol–water partition coefficient (Wildman–Crippen LogP) is 2.13. The molecule has 1 heterocycles. The van der Waals surface area contributed by atoms with Crippen molar-refractivity contribution < 1.29 is 9.59 Å². The first kappa shape index (κ1) is 16.7. The quantitative estimate of drug-likeness (QED) is 0.861. The fourth-order valence-corrected chi connectivity index (χ4v) is 2.16. The van der Waals surface area contributed by atoms with Crippen molar-refractivity contribution in [3.8, 4) is 0 Å². The van der Waals surface area contributed by atoms with Crippen LogP contribution < -0.4 is 5.32 Å². The van der Waals surface area contributed by atoms with Crippen molar-refractivity contribution in [2.75, 3.05) is 0 Å². The molecule has 0 atom stereocenters. The molecule has 2 rings (SSSR count). The van der Waals surface area contributed by atoms with Gasteiger partial charge in [0, 0.05) is 31.5 Å². The molecule has 0 saturated heterocycles. The summed E-state index contributed by atoms with van der Waals surface area (Å²) in [6, 6.07) is 13.2. The van der Waals surface area contributed by atoms with Crippen molar-refractivity contribution in [1.82, 2.24) is 15.2 Å².